The highest BCUT2D eigenvalue weighted by molar-refractivity contribution is 5.79. The molecule has 2 N–H and O–H groups in total. The second kappa shape index (κ2) is 10.5. The first kappa shape index (κ1) is 20.6. The van der Waals surface area contributed by atoms with Gasteiger partial charge in [0.2, 0.25) is 5.91 Å². The van der Waals surface area contributed by atoms with Gasteiger partial charge in [0.15, 0.2) is 5.96 Å². The summed E-state index contributed by atoms with van der Waals surface area (Å²) in [6, 6.07) is 9.10. The van der Waals surface area contributed by atoms with Gasteiger partial charge in [-0.05, 0) is 50.4 Å². The number of hydrogen-bond acceptors (Lipinski definition) is 3. The summed E-state index contributed by atoms with van der Waals surface area (Å²) in [7, 11) is 0. The Hall–Kier alpha value is -2.08. The Labute approximate surface area is 169 Å². The van der Waals surface area contributed by atoms with Crippen LogP contribution in [-0.4, -0.2) is 60.4 Å². The lowest BCUT2D eigenvalue weighted by molar-refractivity contribution is -0.128. The quantitative estimate of drug-likeness (QED) is 0.533. The molecule has 0 aromatic heterocycles. The van der Waals surface area contributed by atoms with E-state index in [4.69, 9.17) is 4.99 Å². The van der Waals surface area contributed by atoms with Crippen molar-refractivity contribution in [3.05, 3.63) is 35.4 Å². The molecule has 6 heteroatoms. The molecule has 1 aromatic rings. The molecular formula is C22H35N5O. The van der Waals surface area contributed by atoms with Gasteiger partial charge in [0.25, 0.3) is 0 Å². The number of aliphatic imine (C=N–C) groups is 1. The van der Waals surface area contributed by atoms with Gasteiger partial charge < -0.3 is 15.5 Å². The predicted octanol–water partition coefficient (Wildman–Crippen LogP) is 2.35. The molecule has 28 heavy (non-hydrogen) atoms. The molecule has 2 saturated heterocycles. The zero-order valence-electron chi connectivity index (χ0n) is 17.4. The fourth-order valence-electron chi connectivity index (χ4n) is 4.11. The third-order valence-corrected chi connectivity index (χ3v) is 5.74. The van der Waals surface area contributed by atoms with Crippen LogP contribution in [0.1, 0.15) is 50.7 Å². The molecule has 2 aliphatic heterocycles. The molecule has 0 bridgehead atoms. The molecule has 0 aliphatic carbocycles. The first-order valence-corrected chi connectivity index (χ1v) is 10.8. The van der Waals surface area contributed by atoms with Crippen molar-refractivity contribution in [3.8, 4) is 0 Å². The maximum atomic E-state index is 11.8. The minimum Gasteiger partial charge on any atom is -0.357 e. The average molecular weight is 386 g/mol. The van der Waals surface area contributed by atoms with Gasteiger partial charge in [-0.15, -0.1) is 0 Å². The van der Waals surface area contributed by atoms with Crippen LogP contribution in [0.5, 0.6) is 0 Å². The Morgan fingerprint density at radius 1 is 1.11 bits per heavy atom. The zero-order chi connectivity index (χ0) is 19.8. The van der Waals surface area contributed by atoms with Crippen LogP contribution in [-0.2, 0) is 17.9 Å². The number of likely N-dealkylation sites (N-methyl/N-ethyl adjacent to an activating group) is 1. The highest BCUT2D eigenvalue weighted by Crippen LogP contribution is 2.16. The molecule has 1 atom stereocenters. The van der Waals surface area contributed by atoms with Crippen LogP contribution in [0.2, 0.25) is 0 Å². The minimum atomic E-state index is 0.277. The van der Waals surface area contributed by atoms with Crippen LogP contribution in [0.4, 0.5) is 0 Å². The molecule has 6 nitrogen and oxygen atoms in total. The van der Waals surface area contributed by atoms with Crippen LogP contribution in [0.15, 0.2) is 29.3 Å². The van der Waals surface area contributed by atoms with Crippen LogP contribution < -0.4 is 10.6 Å². The summed E-state index contributed by atoms with van der Waals surface area (Å²) in [6.07, 6.45) is 4.25. The number of rotatable bonds is 8. The fourth-order valence-corrected chi connectivity index (χ4v) is 4.11. The zero-order valence-corrected chi connectivity index (χ0v) is 17.4. The van der Waals surface area contributed by atoms with Gasteiger partial charge in [0.1, 0.15) is 0 Å². The Morgan fingerprint density at radius 2 is 1.89 bits per heavy atom. The SMILES string of the molecule is CCNC(=NCc1ccc(CN2CCCC2=O)cc1)NCC1CCCN1CC. The van der Waals surface area contributed by atoms with Crippen LogP contribution in [0.3, 0.4) is 0 Å². The summed E-state index contributed by atoms with van der Waals surface area (Å²) in [5, 5.41) is 6.87. The monoisotopic (exact) mass is 385 g/mol. The third kappa shape index (κ3) is 5.71. The second-order valence-electron chi connectivity index (χ2n) is 7.74. The van der Waals surface area contributed by atoms with E-state index in [1.165, 1.54) is 30.5 Å². The van der Waals surface area contributed by atoms with Crippen molar-refractivity contribution in [2.24, 2.45) is 4.99 Å². The van der Waals surface area contributed by atoms with Gasteiger partial charge in [-0.3, -0.25) is 9.69 Å². The topological polar surface area (TPSA) is 60.0 Å². The first-order valence-electron chi connectivity index (χ1n) is 10.8. The molecular weight excluding hydrogens is 350 g/mol. The molecule has 2 fully saturated rings. The normalized spacial score (nSPS) is 20.8. The Morgan fingerprint density at radius 3 is 2.57 bits per heavy atom. The Balaban J connectivity index is 1.51. The molecule has 1 aromatic carbocycles. The molecule has 154 valence electrons. The standard InChI is InChI=1S/C22H35N5O/c1-3-23-22(25-16-20-7-5-13-26(20)4-2)24-15-18-9-11-19(12-10-18)17-27-14-6-8-21(27)28/h9-12,20H,3-8,13-17H2,1-2H3,(H2,23,24,25). The number of benzene rings is 1. The molecule has 0 saturated carbocycles. The summed E-state index contributed by atoms with van der Waals surface area (Å²) in [6.45, 7) is 10.7. The summed E-state index contributed by atoms with van der Waals surface area (Å²) in [4.78, 5) is 21.0. The van der Waals surface area contributed by atoms with E-state index < -0.39 is 0 Å². The number of carbonyl (C=O) groups is 1. The molecule has 0 radical (unpaired) electrons. The van der Waals surface area contributed by atoms with Crippen LogP contribution >= 0.6 is 0 Å². The predicted molar refractivity (Wildman–Crippen MR) is 114 cm³/mol. The van der Waals surface area contributed by atoms with Gasteiger partial charge in [-0.1, -0.05) is 31.2 Å². The number of hydrogen-bond donors (Lipinski definition) is 2. The van der Waals surface area contributed by atoms with E-state index in [-0.39, 0.29) is 5.91 Å². The van der Waals surface area contributed by atoms with Gasteiger partial charge in [0.05, 0.1) is 6.54 Å². The van der Waals surface area contributed by atoms with Crippen LogP contribution in [0, 0.1) is 0 Å². The number of nitrogens with one attached hydrogen (secondary N) is 2. The van der Waals surface area contributed by atoms with Crippen molar-refractivity contribution in [3.63, 3.8) is 0 Å². The van der Waals surface area contributed by atoms with Gasteiger partial charge in [0, 0.05) is 38.6 Å². The number of carbonyl (C=O) groups excluding carboxylic acids is 1. The van der Waals surface area contributed by atoms with Crippen LogP contribution in [0.25, 0.3) is 0 Å². The second-order valence-corrected chi connectivity index (χ2v) is 7.74. The van der Waals surface area contributed by atoms with Gasteiger partial charge >= 0.3 is 0 Å². The molecule has 1 amide bonds. The highest BCUT2D eigenvalue weighted by Gasteiger charge is 2.22. The smallest absolute Gasteiger partial charge is 0.222 e. The van der Waals surface area contributed by atoms with Crippen molar-refractivity contribution in [1.82, 2.24) is 20.4 Å². The lowest BCUT2D eigenvalue weighted by Crippen LogP contribution is -2.44. The van der Waals surface area contributed by atoms with E-state index >= 15 is 0 Å². The lowest BCUT2D eigenvalue weighted by atomic mass is 10.1. The summed E-state index contributed by atoms with van der Waals surface area (Å²) in [5.41, 5.74) is 2.37. The number of nitrogens with zero attached hydrogens (tertiary/aromatic N) is 3. The van der Waals surface area contributed by atoms with E-state index in [1.54, 1.807) is 0 Å². The van der Waals surface area contributed by atoms with E-state index in [0.29, 0.717) is 19.0 Å². The third-order valence-electron chi connectivity index (χ3n) is 5.74. The van der Waals surface area contributed by atoms with E-state index in [9.17, 15) is 4.79 Å². The number of guanidine groups is 1. The molecule has 1 unspecified atom stereocenters. The minimum absolute atomic E-state index is 0.277. The van der Waals surface area contributed by atoms with Gasteiger partial charge in [-0.25, -0.2) is 4.99 Å². The van der Waals surface area contributed by atoms with Crippen molar-refractivity contribution in [1.29, 1.82) is 0 Å². The molecule has 2 aliphatic rings. The number of likely N-dealkylation sites (tertiary alicyclic amines) is 2. The molecule has 0 spiro atoms. The molecule has 3 rings (SSSR count). The van der Waals surface area contributed by atoms with Crippen molar-refractivity contribution < 1.29 is 4.79 Å². The summed E-state index contributed by atoms with van der Waals surface area (Å²) >= 11 is 0. The fraction of sp³-hybridized carbons (Fsp3) is 0.636. The lowest BCUT2D eigenvalue weighted by Gasteiger charge is -2.24. The maximum absolute atomic E-state index is 11.8. The van der Waals surface area contributed by atoms with Crippen molar-refractivity contribution in [2.75, 3.05) is 32.7 Å². The largest absolute Gasteiger partial charge is 0.357 e. The van der Waals surface area contributed by atoms with E-state index in [2.05, 4.69) is 53.6 Å². The average Bonchev–Trinajstić information content (AvgIpc) is 3.34. The Bertz CT molecular complexity index is 657. The van der Waals surface area contributed by atoms with Crippen molar-refractivity contribution >= 4 is 11.9 Å². The first-order chi connectivity index (χ1) is 13.7. The van der Waals surface area contributed by atoms with Crippen molar-refractivity contribution in [2.45, 2.75) is 58.7 Å². The van der Waals surface area contributed by atoms with Gasteiger partial charge in [-0.2, -0.15) is 0 Å². The van der Waals surface area contributed by atoms with E-state index in [1.807, 2.05) is 4.90 Å². The maximum Gasteiger partial charge on any atom is 0.222 e. The Kier molecular flexibility index (Phi) is 7.71. The molecule has 2 heterocycles. The summed E-state index contributed by atoms with van der Waals surface area (Å²) in [5.74, 6) is 1.16. The number of amides is 1. The van der Waals surface area contributed by atoms with E-state index in [0.717, 1.165) is 45.1 Å². The summed E-state index contributed by atoms with van der Waals surface area (Å²) < 4.78 is 0. The highest BCUT2D eigenvalue weighted by atomic mass is 16.2.